The summed E-state index contributed by atoms with van der Waals surface area (Å²) in [6, 6.07) is 5.04. The molecule has 1 saturated heterocycles. The SMILES string of the molecule is Cc1cc(S(=O)(=O)NCCC2CCCCO2)ccc1Br. The number of sulfonamides is 1. The average molecular weight is 362 g/mol. The van der Waals surface area contributed by atoms with Gasteiger partial charge in [-0.25, -0.2) is 13.1 Å². The van der Waals surface area contributed by atoms with Crippen molar-refractivity contribution in [3.8, 4) is 0 Å². The van der Waals surface area contributed by atoms with E-state index in [1.165, 1.54) is 6.42 Å². The van der Waals surface area contributed by atoms with Gasteiger partial charge in [0.05, 0.1) is 11.0 Å². The highest BCUT2D eigenvalue weighted by atomic mass is 79.9. The third-order valence-corrected chi connectivity index (χ3v) is 5.82. The lowest BCUT2D eigenvalue weighted by atomic mass is 10.1. The number of benzene rings is 1. The molecule has 0 spiro atoms. The molecule has 0 saturated carbocycles. The highest BCUT2D eigenvalue weighted by Crippen LogP contribution is 2.20. The quantitative estimate of drug-likeness (QED) is 0.876. The van der Waals surface area contributed by atoms with Gasteiger partial charge in [-0.2, -0.15) is 0 Å². The van der Waals surface area contributed by atoms with Gasteiger partial charge in [0.2, 0.25) is 10.0 Å². The van der Waals surface area contributed by atoms with Gasteiger partial charge in [-0.3, -0.25) is 0 Å². The maximum atomic E-state index is 12.2. The number of aryl methyl sites for hydroxylation is 1. The van der Waals surface area contributed by atoms with E-state index in [4.69, 9.17) is 4.74 Å². The zero-order valence-corrected chi connectivity index (χ0v) is 14.0. The molecule has 1 unspecified atom stereocenters. The Morgan fingerprint density at radius 2 is 2.20 bits per heavy atom. The van der Waals surface area contributed by atoms with Crippen LogP contribution in [0.25, 0.3) is 0 Å². The third kappa shape index (κ3) is 4.28. The molecule has 20 heavy (non-hydrogen) atoms. The molecule has 1 aliphatic heterocycles. The first-order chi connectivity index (χ1) is 9.49. The van der Waals surface area contributed by atoms with Crippen LogP contribution < -0.4 is 4.72 Å². The molecular formula is C14H20BrNO3S. The van der Waals surface area contributed by atoms with Gasteiger partial charge in [0.1, 0.15) is 0 Å². The Morgan fingerprint density at radius 1 is 1.40 bits per heavy atom. The van der Waals surface area contributed by atoms with Gasteiger partial charge >= 0.3 is 0 Å². The maximum Gasteiger partial charge on any atom is 0.240 e. The van der Waals surface area contributed by atoms with E-state index < -0.39 is 10.0 Å². The Bertz CT molecular complexity index is 554. The van der Waals surface area contributed by atoms with Gasteiger partial charge < -0.3 is 4.74 Å². The third-order valence-electron chi connectivity index (χ3n) is 3.47. The summed E-state index contributed by atoms with van der Waals surface area (Å²) >= 11 is 3.37. The van der Waals surface area contributed by atoms with Crippen LogP contribution in [0.3, 0.4) is 0 Å². The lowest BCUT2D eigenvalue weighted by Gasteiger charge is -2.22. The topological polar surface area (TPSA) is 55.4 Å². The molecule has 1 N–H and O–H groups in total. The monoisotopic (exact) mass is 361 g/mol. The first-order valence-electron chi connectivity index (χ1n) is 6.86. The molecule has 0 aromatic heterocycles. The first kappa shape index (κ1) is 15.9. The van der Waals surface area contributed by atoms with Crippen LogP contribution in [0.4, 0.5) is 0 Å². The standard InChI is InChI=1S/C14H20BrNO3S/c1-11-10-13(5-6-14(11)15)20(17,18)16-8-7-12-4-2-3-9-19-12/h5-6,10,12,16H,2-4,7-9H2,1H3. The molecule has 1 atom stereocenters. The fraction of sp³-hybridized carbons (Fsp3) is 0.571. The predicted molar refractivity (Wildman–Crippen MR) is 82.3 cm³/mol. The van der Waals surface area contributed by atoms with E-state index in [-0.39, 0.29) is 6.10 Å². The number of ether oxygens (including phenoxy) is 1. The summed E-state index contributed by atoms with van der Waals surface area (Å²) in [6.45, 7) is 3.09. The Kier molecular flexibility index (Phi) is 5.60. The van der Waals surface area contributed by atoms with Crippen LogP contribution in [0, 0.1) is 6.92 Å². The highest BCUT2D eigenvalue weighted by molar-refractivity contribution is 9.10. The van der Waals surface area contributed by atoms with Crippen molar-refractivity contribution in [2.24, 2.45) is 0 Å². The molecule has 1 aromatic carbocycles. The van der Waals surface area contributed by atoms with Crippen LogP contribution in [0.5, 0.6) is 0 Å². The number of nitrogens with one attached hydrogen (secondary N) is 1. The molecule has 0 amide bonds. The van der Waals surface area contributed by atoms with Crippen molar-refractivity contribution in [3.05, 3.63) is 28.2 Å². The fourth-order valence-electron chi connectivity index (χ4n) is 2.26. The summed E-state index contributed by atoms with van der Waals surface area (Å²) in [6.07, 6.45) is 4.23. The maximum absolute atomic E-state index is 12.2. The zero-order valence-electron chi connectivity index (χ0n) is 11.6. The van der Waals surface area contributed by atoms with Crippen molar-refractivity contribution in [2.75, 3.05) is 13.2 Å². The van der Waals surface area contributed by atoms with Crippen molar-refractivity contribution >= 4 is 26.0 Å². The number of halogens is 1. The van der Waals surface area contributed by atoms with E-state index in [0.717, 1.165) is 35.9 Å². The molecule has 4 nitrogen and oxygen atoms in total. The molecule has 1 heterocycles. The van der Waals surface area contributed by atoms with Crippen molar-refractivity contribution < 1.29 is 13.2 Å². The summed E-state index contributed by atoms with van der Waals surface area (Å²) in [4.78, 5) is 0.308. The van der Waals surface area contributed by atoms with Gasteiger partial charge in [0, 0.05) is 17.6 Å². The van der Waals surface area contributed by atoms with E-state index in [9.17, 15) is 8.42 Å². The molecule has 1 aromatic rings. The smallest absolute Gasteiger partial charge is 0.240 e. The molecule has 6 heteroatoms. The normalized spacial score (nSPS) is 20.0. The molecule has 112 valence electrons. The second-order valence-corrected chi connectivity index (χ2v) is 7.71. The minimum atomic E-state index is -3.43. The van der Waals surface area contributed by atoms with Gasteiger partial charge in [-0.05, 0) is 56.4 Å². The lowest BCUT2D eigenvalue weighted by molar-refractivity contribution is 0.0123. The van der Waals surface area contributed by atoms with Crippen molar-refractivity contribution in [1.82, 2.24) is 4.72 Å². The Balaban J connectivity index is 1.91. The molecule has 2 rings (SSSR count). The minimum Gasteiger partial charge on any atom is -0.378 e. The van der Waals surface area contributed by atoms with E-state index in [2.05, 4.69) is 20.7 Å². The second-order valence-electron chi connectivity index (χ2n) is 5.09. The number of hydrogen-bond donors (Lipinski definition) is 1. The Morgan fingerprint density at radius 3 is 2.85 bits per heavy atom. The highest BCUT2D eigenvalue weighted by Gasteiger charge is 2.17. The summed E-state index contributed by atoms with van der Waals surface area (Å²) in [5.74, 6) is 0. The Hall–Kier alpha value is -0.430. The van der Waals surface area contributed by atoms with Crippen LogP contribution in [0.2, 0.25) is 0 Å². The molecule has 0 aliphatic carbocycles. The first-order valence-corrected chi connectivity index (χ1v) is 9.14. The van der Waals surface area contributed by atoms with Crippen LogP contribution in [-0.4, -0.2) is 27.7 Å². The van der Waals surface area contributed by atoms with Crippen molar-refractivity contribution in [2.45, 2.75) is 43.6 Å². The van der Waals surface area contributed by atoms with Crippen LogP contribution in [0.1, 0.15) is 31.2 Å². The van der Waals surface area contributed by atoms with Crippen LogP contribution >= 0.6 is 15.9 Å². The van der Waals surface area contributed by atoms with Gasteiger partial charge in [-0.1, -0.05) is 15.9 Å². The van der Waals surface area contributed by atoms with Crippen molar-refractivity contribution in [3.63, 3.8) is 0 Å². The lowest BCUT2D eigenvalue weighted by Crippen LogP contribution is -2.29. The van der Waals surface area contributed by atoms with Gasteiger partial charge in [0.25, 0.3) is 0 Å². The summed E-state index contributed by atoms with van der Waals surface area (Å²) in [7, 11) is -3.43. The number of hydrogen-bond acceptors (Lipinski definition) is 3. The minimum absolute atomic E-state index is 0.193. The fourth-order valence-corrected chi connectivity index (χ4v) is 3.64. The molecule has 0 bridgehead atoms. The average Bonchev–Trinajstić information content (AvgIpc) is 2.43. The van der Waals surface area contributed by atoms with E-state index in [1.54, 1.807) is 18.2 Å². The molecule has 0 radical (unpaired) electrons. The van der Waals surface area contributed by atoms with Gasteiger partial charge in [0.15, 0.2) is 0 Å². The van der Waals surface area contributed by atoms with E-state index in [1.807, 2.05) is 6.92 Å². The van der Waals surface area contributed by atoms with Gasteiger partial charge in [-0.15, -0.1) is 0 Å². The van der Waals surface area contributed by atoms with E-state index >= 15 is 0 Å². The summed E-state index contributed by atoms with van der Waals surface area (Å²) in [5, 5.41) is 0. The van der Waals surface area contributed by atoms with Crippen LogP contribution in [0.15, 0.2) is 27.6 Å². The largest absolute Gasteiger partial charge is 0.378 e. The zero-order chi connectivity index (χ0) is 14.6. The van der Waals surface area contributed by atoms with E-state index in [0.29, 0.717) is 11.4 Å². The molecule has 1 aliphatic rings. The summed E-state index contributed by atoms with van der Waals surface area (Å²) in [5.41, 5.74) is 0.906. The van der Waals surface area contributed by atoms with Crippen molar-refractivity contribution in [1.29, 1.82) is 0 Å². The second kappa shape index (κ2) is 7.02. The molecular weight excluding hydrogens is 342 g/mol. The predicted octanol–water partition coefficient (Wildman–Crippen LogP) is 3.00. The number of rotatable bonds is 5. The van der Waals surface area contributed by atoms with Crippen LogP contribution in [-0.2, 0) is 14.8 Å². The molecule has 1 fully saturated rings. The summed E-state index contributed by atoms with van der Waals surface area (Å²) < 4.78 is 33.5. The Labute approximate surface area is 129 Å².